The van der Waals surface area contributed by atoms with E-state index in [4.69, 9.17) is 4.74 Å². The Kier molecular flexibility index (Phi) is 4.66. The van der Waals surface area contributed by atoms with Gasteiger partial charge in [-0.15, -0.1) is 0 Å². The molecular formula is C19H28O2. The van der Waals surface area contributed by atoms with Gasteiger partial charge in [-0.2, -0.15) is 0 Å². The van der Waals surface area contributed by atoms with Crippen LogP contribution in [0.1, 0.15) is 56.1 Å². The third-order valence-corrected chi connectivity index (χ3v) is 5.35. The summed E-state index contributed by atoms with van der Waals surface area (Å²) >= 11 is 0. The fraction of sp³-hybridized carbons (Fsp3) is 0.684. The first kappa shape index (κ1) is 15.1. The highest BCUT2D eigenvalue weighted by Crippen LogP contribution is 2.44. The van der Waals surface area contributed by atoms with E-state index in [0.717, 1.165) is 12.8 Å². The maximum Gasteiger partial charge on any atom is 0.0687 e. The van der Waals surface area contributed by atoms with Crippen LogP contribution in [0.5, 0.6) is 0 Å². The molecule has 1 aliphatic carbocycles. The van der Waals surface area contributed by atoms with Crippen molar-refractivity contribution >= 4 is 0 Å². The summed E-state index contributed by atoms with van der Waals surface area (Å²) < 4.78 is 6.39. The minimum Gasteiger partial charge on any atom is -0.396 e. The van der Waals surface area contributed by atoms with Crippen LogP contribution in [0.4, 0.5) is 0 Å². The zero-order chi connectivity index (χ0) is 14.7. The number of rotatable bonds is 5. The maximum absolute atomic E-state index is 9.70. The summed E-state index contributed by atoms with van der Waals surface area (Å²) in [5, 5.41) is 9.70. The first-order valence-corrected chi connectivity index (χ1v) is 8.53. The lowest BCUT2D eigenvalue weighted by molar-refractivity contribution is -0.0466. The molecule has 0 amide bonds. The van der Waals surface area contributed by atoms with E-state index in [1.54, 1.807) is 0 Å². The molecule has 1 aromatic rings. The Morgan fingerprint density at radius 3 is 2.57 bits per heavy atom. The molecule has 21 heavy (non-hydrogen) atoms. The molecule has 116 valence electrons. The van der Waals surface area contributed by atoms with Crippen molar-refractivity contribution in [3.8, 4) is 0 Å². The Morgan fingerprint density at radius 2 is 1.90 bits per heavy atom. The normalized spacial score (nSPS) is 25.5. The quantitative estimate of drug-likeness (QED) is 0.886. The van der Waals surface area contributed by atoms with Crippen LogP contribution in [0.15, 0.2) is 24.3 Å². The molecule has 2 heteroatoms. The summed E-state index contributed by atoms with van der Waals surface area (Å²) in [6, 6.07) is 8.69. The molecule has 2 nitrogen and oxygen atoms in total. The molecule has 1 spiro atoms. The maximum atomic E-state index is 9.70. The smallest absolute Gasteiger partial charge is 0.0687 e. The minimum absolute atomic E-state index is 0.217. The predicted molar refractivity (Wildman–Crippen MR) is 85.4 cm³/mol. The fourth-order valence-electron chi connectivity index (χ4n) is 4.10. The summed E-state index contributed by atoms with van der Waals surface area (Å²) in [6.45, 7) is 2.38. The third-order valence-electron chi connectivity index (χ3n) is 5.35. The third kappa shape index (κ3) is 3.67. The van der Waals surface area contributed by atoms with Gasteiger partial charge >= 0.3 is 0 Å². The van der Waals surface area contributed by atoms with Gasteiger partial charge in [0.15, 0.2) is 0 Å². The molecule has 1 heterocycles. The molecule has 0 bridgehead atoms. The van der Waals surface area contributed by atoms with E-state index >= 15 is 0 Å². The molecule has 0 aromatic heterocycles. The molecular weight excluding hydrogens is 260 g/mol. The lowest BCUT2D eigenvalue weighted by Crippen LogP contribution is -2.26. The molecule has 0 radical (unpaired) electrons. The number of ether oxygens (including phenoxy) is 1. The Balaban J connectivity index is 1.54. The van der Waals surface area contributed by atoms with Gasteiger partial charge in [-0.05, 0) is 56.9 Å². The standard InChI is InChI=1S/C19H28O2/c1-15-4-6-16(7-5-15)12-17(14-20)13-18-8-11-19(21-18)9-2-3-10-19/h4-7,17-18,20H,2-3,8-14H2,1H3. The van der Waals surface area contributed by atoms with Crippen molar-refractivity contribution < 1.29 is 9.84 Å². The second-order valence-corrected chi connectivity index (χ2v) is 7.14. The highest BCUT2D eigenvalue weighted by molar-refractivity contribution is 5.21. The summed E-state index contributed by atoms with van der Waals surface area (Å²) in [7, 11) is 0. The van der Waals surface area contributed by atoms with Crippen molar-refractivity contribution in [2.75, 3.05) is 6.61 Å². The second kappa shape index (κ2) is 6.50. The molecule has 2 atom stereocenters. The summed E-state index contributed by atoms with van der Waals surface area (Å²) in [5.74, 6) is 0.328. The Morgan fingerprint density at radius 1 is 1.19 bits per heavy atom. The van der Waals surface area contributed by atoms with E-state index < -0.39 is 0 Å². The number of hydrogen-bond acceptors (Lipinski definition) is 2. The van der Waals surface area contributed by atoms with Gasteiger partial charge in [0.25, 0.3) is 0 Å². The van der Waals surface area contributed by atoms with Crippen LogP contribution in [-0.2, 0) is 11.2 Å². The number of hydrogen-bond donors (Lipinski definition) is 1. The average Bonchev–Trinajstić information content (AvgIpc) is 3.11. The van der Waals surface area contributed by atoms with Crippen molar-refractivity contribution in [3.05, 3.63) is 35.4 Å². The number of benzene rings is 1. The van der Waals surface area contributed by atoms with E-state index in [2.05, 4.69) is 31.2 Å². The average molecular weight is 288 g/mol. The van der Waals surface area contributed by atoms with Crippen molar-refractivity contribution in [1.29, 1.82) is 0 Å². The Hall–Kier alpha value is -0.860. The van der Waals surface area contributed by atoms with E-state index in [1.807, 2.05) is 0 Å². The highest BCUT2D eigenvalue weighted by Gasteiger charge is 2.42. The summed E-state index contributed by atoms with van der Waals surface area (Å²) in [5.41, 5.74) is 2.84. The number of aliphatic hydroxyl groups excluding tert-OH is 1. The van der Waals surface area contributed by atoms with Gasteiger partial charge in [0, 0.05) is 6.61 Å². The monoisotopic (exact) mass is 288 g/mol. The van der Waals surface area contributed by atoms with E-state index in [-0.39, 0.29) is 12.2 Å². The molecule has 1 saturated heterocycles. The van der Waals surface area contributed by atoms with Gasteiger partial charge in [0.1, 0.15) is 0 Å². The summed E-state index contributed by atoms with van der Waals surface area (Å²) in [4.78, 5) is 0. The fourth-order valence-corrected chi connectivity index (χ4v) is 4.10. The number of aryl methyl sites for hydroxylation is 1. The largest absolute Gasteiger partial charge is 0.396 e. The van der Waals surface area contributed by atoms with Crippen molar-refractivity contribution in [3.63, 3.8) is 0 Å². The van der Waals surface area contributed by atoms with Gasteiger partial charge in [-0.3, -0.25) is 0 Å². The Labute approximate surface area is 128 Å². The van der Waals surface area contributed by atoms with E-state index in [9.17, 15) is 5.11 Å². The molecule has 2 aliphatic rings. The van der Waals surface area contributed by atoms with Gasteiger partial charge < -0.3 is 9.84 Å². The van der Waals surface area contributed by atoms with Gasteiger partial charge in [-0.1, -0.05) is 42.7 Å². The molecule has 1 aromatic carbocycles. The SMILES string of the molecule is Cc1ccc(CC(CO)CC2CCC3(CCCC3)O2)cc1. The van der Waals surface area contributed by atoms with Crippen LogP contribution in [-0.4, -0.2) is 23.4 Å². The lowest BCUT2D eigenvalue weighted by atomic mass is 9.92. The van der Waals surface area contributed by atoms with Gasteiger partial charge in [0.2, 0.25) is 0 Å². The van der Waals surface area contributed by atoms with E-state index in [0.29, 0.717) is 12.0 Å². The minimum atomic E-state index is 0.217. The van der Waals surface area contributed by atoms with Crippen LogP contribution in [0.25, 0.3) is 0 Å². The lowest BCUT2D eigenvalue weighted by Gasteiger charge is -2.25. The van der Waals surface area contributed by atoms with Crippen molar-refractivity contribution in [1.82, 2.24) is 0 Å². The molecule has 1 N–H and O–H groups in total. The van der Waals surface area contributed by atoms with Crippen LogP contribution in [0.3, 0.4) is 0 Å². The van der Waals surface area contributed by atoms with Gasteiger partial charge in [0.05, 0.1) is 11.7 Å². The first-order chi connectivity index (χ1) is 10.2. The zero-order valence-corrected chi connectivity index (χ0v) is 13.2. The van der Waals surface area contributed by atoms with Crippen molar-refractivity contribution in [2.24, 2.45) is 5.92 Å². The summed E-state index contributed by atoms with van der Waals surface area (Å²) in [6.07, 6.45) is 9.93. The molecule has 1 aliphatic heterocycles. The molecule has 2 unspecified atom stereocenters. The molecule has 2 fully saturated rings. The Bertz CT molecular complexity index is 445. The van der Waals surface area contributed by atoms with Crippen molar-refractivity contribution in [2.45, 2.75) is 70.0 Å². The van der Waals surface area contributed by atoms with Crippen LogP contribution < -0.4 is 0 Å². The first-order valence-electron chi connectivity index (χ1n) is 8.53. The van der Waals surface area contributed by atoms with E-state index in [1.165, 1.54) is 49.7 Å². The predicted octanol–water partition coefficient (Wildman–Crippen LogP) is 4.03. The van der Waals surface area contributed by atoms with Crippen LogP contribution >= 0.6 is 0 Å². The highest BCUT2D eigenvalue weighted by atomic mass is 16.5. The topological polar surface area (TPSA) is 29.5 Å². The van der Waals surface area contributed by atoms with Gasteiger partial charge in [-0.25, -0.2) is 0 Å². The zero-order valence-electron chi connectivity index (χ0n) is 13.2. The van der Waals surface area contributed by atoms with Crippen LogP contribution in [0, 0.1) is 12.8 Å². The number of aliphatic hydroxyl groups is 1. The molecule has 1 saturated carbocycles. The van der Waals surface area contributed by atoms with Crippen LogP contribution in [0.2, 0.25) is 0 Å². The second-order valence-electron chi connectivity index (χ2n) is 7.14. The molecule has 3 rings (SSSR count).